The van der Waals surface area contributed by atoms with E-state index in [1.165, 1.54) is 12.0 Å². The average molecular weight is 508 g/mol. The number of Topliss-reactive ketones (excluding diaryl/α,β-unsaturated/α-hetero) is 1. The molecule has 2 aromatic rings. The number of carbonyl (C=O) groups is 3. The van der Waals surface area contributed by atoms with Crippen LogP contribution in [0.15, 0.2) is 75.7 Å². The van der Waals surface area contributed by atoms with Gasteiger partial charge in [-0.05, 0) is 43.2 Å². The van der Waals surface area contributed by atoms with Crippen LogP contribution in [0.2, 0.25) is 0 Å². The summed E-state index contributed by atoms with van der Waals surface area (Å²) in [6, 6.07) is 14.6. The van der Waals surface area contributed by atoms with Gasteiger partial charge in [0.2, 0.25) is 5.91 Å². The maximum absolute atomic E-state index is 14.0. The molecular weight excluding hydrogens is 486 g/mol. The van der Waals surface area contributed by atoms with Gasteiger partial charge in [-0.25, -0.2) is 4.79 Å². The summed E-state index contributed by atoms with van der Waals surface area (Å²) in [6.07, 6.45) is 1.47. The summed E-state index contributed by atoms with van der Waals surface area (Å²) < 4.78 is 6.03. The smallest absolute Gasteiger partial charge is 0.339 e. The number of methoxy groups -OCH3 is 1. The molecule has 168 valence electrons. The number of anilines is 2. The van der Waals surface area contributed by atoms with Crippen molar-refractivity contribution < 1.29 is 19.1 Å². The van der Waals surface area contributed by atoms with E-state index in [-0.39, 0.29) is 23.1 Å². The molecule has 1 amide bonds. The molecule has 5 rings (SSSR count). The van der Waals surface area contributed by atoms with E-state index in [1.807, 2.05) is 36.4 Å². The van der Waals surface area contributed by atoms with Gasteiger partial charge in [0.15, 0.2) is 5.78 Å². The molecule has 0 radical (unpaired) electrons. The second kappa shape index (κ2) is 7.59. The van der Waals surface area contributed by atoms with Crippen LogP contribution in [-0.2, 0) is 24.5 Å². The first kappa shape index (κ1) is 21.5. The van der Waals surface area contributed by atoms with Crippen LogP contribution >= 0.6 is 15.9 Å². The number of amides is 1. The summed E-state index contributed by atoms with van der Waals surface area (Å²) in [5.41, 5.74) is 7.92. The minimum absolute atomic E-state index is 0.0243. The molecule has 3 aliphatic rings. The van der Waals surface area contributed by atoms with Crippen molar-refractivity contribution in [3.63, 3.8) is 0 Å². The number of likely N-dealkylation sites (N-methyl/N-ethyl adjacent to an activating group) is 1. The van der Waals surface area contributed by atoms with E-state index in [9.17, 15) is 14.4 Å². The van der Waals surface area contributed by atoms with Crippen molar-refractivity contribution in [2.75, 3.05) is 24.0 Å². The summed E-state index contributed by atoms with van der Waals surface area (Å²) in [5, 5.41) is 0. The number of halogens is 1. The maximum atomic E-state index is 14.0. The molecule has 0 aromatic heterocycles. The van der Waals surface area contributed by atoms with Gasteiger partial charge in [-0.15, -0.1) is 0 Å². The maximum Gasteiger partial charge on any atom is 0.339 e. The van der Waals surface area contributed by atoms with Gasteiger partial charge < -0.3 is 15.4 Å². The van der Waals surface area contributed by atoms with Crippen LogP contribution in [0.25, 0.3) is 0 Å². The third-order valence-electron chi connectivity index (χ3n) is 6.67. The predicted molar refractivity (Wildman–Crippen MR) is 127 cm³/mol. The zero-order chi connectivity index (χ0) is 23.5. The Balaban J connectivity index is 1.92. The van der Waals surface area contributed by atoms with Crippen LogP contribution in [0.4, 0.5) is 11.4 Å². The normalized spacial score (nSPS) is 22.2. The molecule has 0 bridgehead atoms. The number of fused-ring (bicyclic) bond motifs is 3. The lowest BCUT2D eigenvalue weighted by molar-refractivity contribution is -0.138. The number of nitrogens with zero attached hydrogens (tertiary/aromatic N) is 2. The molecule has 0 fully saturated rings. The number of ether oxygens (including phenoxy) is 1. The van der Waals surface area contributed by atoms with E-state index in [0.717, 1.165) is 4.47 Å². The zero-order valence-electron chi connectivity index (χ0n) is 18.2. The van der Waals surface area contributed by atoms with E-state index in [0.29, 0.717) is 47.5 Å². The van der Waals surface area contributed by atoms with E-state index in [2.05, 4.69) is 15.9 Å². The van der Waals surface area contributed by atoms with Crippen molar-refractivity contribution in [2.45, 2.75) is 24.7 Å². The fourth-order valence-electron chi connectivity index (χ4n) is 5.34. The van der Waals surface area contributed by atoms with Gasteiger partial charge in [-0.2, -0.15) is 0 Å². The van der Waals surface area contributed by atoms with Gasteiger partial charge in [-0.3, -0.25) is 14.5 Å². The van der Waals surface area contributed by atoms with Crippen LogP contribution < -0.4 is 15.5 Å². The molecule has 2 heterocycles. The average Bonchev–Trinajstić information content (AvgIpc) is 3.03. The first-order chi connectivity index (χ1) is 15.8. The Bertz CT molecular complexity index is 1280. The van der Waals surface area contributed by atoms with E-state index < -0.39 is 11.4 Å². The van der Waals surface area contributed by atoms with E-state index in [4.69, 9.17) is 10.5 Å². The van der Waals surface area contributed by atoms with Crippen molar-refractivity contribution in [2.24, 2.45) is 5.73 Å². The highest BCUT2D eigenvalue weighted by atomic mass is 79.9. The standard InChI is InChI=1S/C25H22BrN3O4/c1-28-17-7-4-3-6-16(17)25(24(28)32)20-18(8-5-9-19(20)30)29(15-12-10-14(26)11-13-15)22(27)21(25)23(31)33-2/h3-4,6-7,10-13H,5,8-9,27H2,1-2H3. The Morgan fingerprint density at radius 2 is 1.79 bits per heavy atom. The molecule has 7 nitrogen and oxygen atoms in total. The third kappa shape index (κ3) is 2.76. The van der Waals surface area contributed by atoms with Gasteiger partial charge in [0.1, 0.15) is 16.8 Å². The molecule has 1 spiro atoms. The highest BCUT2D eigenvalue weighted by Gasteiger charge is 2.63. The number of para-hydroxylation sites is 1. The Morgan fingerprint density at radius 3 is 2.48 bits per heavy atom. The number of carbonyl (C=O) groups excluding carboxylic acids is 3. The fraction of sp³-hybridized carbons (Fsp3) is 0.240. The van der Waals surface area contributed by atoms with Gasteiger partial charge in [-0.1, -0.05) is 34.1 Å². The highest BCUT2D eigenvalue weighted by molar-refractivity contribution is 9.10. The third-order valence-corrected chi connectivity index (χ3v) is 7.20. The second-order valence-electron chi connectivity index (χ2n) is 8.29. The molecule has 8 heteroatoms. The molecular formula is C25H22BrN3O4. The molecule has 2 N–H and O–H groups in total. The molecule has 1 aliphatic carbocycles. The van der Waals surface area contributed by atoms with Gasteiger partial charge in [0.25, 0.3) is 0 Å². The largest absolute Gasteiger partial charge is 0.466 e. The van der Waals surface area contributed by atoms with Crippen molar-refractivity contribution in [3.05, 3.63) is 81.2 Å². The summed E-state index contributed by atoms with van der Waals surface area (Å²) in [6.45, 7) is 0. The van der Waals surface area contributed by atoms with Crippen molar-refractivity contribution in [1.29, 1.82) is 0 Å². The molecule has 1 unspecified atom stereocenters. The molecule has 0 saturated carbocycles. The number of hydrogen-bond donors (Lipinski definition) is 1. The van der Waals surface area contributed by atoms with Gasteiger partial charge >= 0.3 is 5.97 Å². The van der Waals surface area contributed by atoms with Gasteiger partial charge in [0.05, 0.1) is 7.11 Å². The minimum Gasteiger partial charge on any atom is -0.466 e. The number of esters is 1. The van der Waals surface area contributed by atoms with Crippen molar-refractivity contribution in [3.8, 4) is 0 Å². The monoisotopic (exact) mass is 507 g/mol. The quantitative estimate of drug-likeness (QED) is 0.625. The van der Waals surface area contributed by atoms with Crippen LogP contribution in [-0.4, -0.2) is 31.8 Å². The summed E-state index contributed by atoms with van der Waals surface area (Å²) >= 11 is 3.44. The summed E-state index contributed by atoms with van der Waals surface area (Å²) in [7, 11) is 2.90. The number of benzene rings is 2. The number of rotatable bonds is 2. The lowest BCUT2D eigenvalue weighted by Gasteiger charge is -2.44. The van der Waals surface area contributed by atoms with E-state index in [1.54, 1.807) is 24.1 Å². The lowest BCUT2D eigenvalue weighted by atomic mass is 9.63. The molecule has 2 aromatic carbocycles. The Morgan fingerprint density at radius 1 is 1.09 bits per heavy atom. The first-order valence-corrected chi connectivity index (χ1v) is 11.4. The van der Waals surface area contributed by atoms with Crippen LogP contribution in [0, 0.1) is 0 Å². The predicted octanol–water partition coefficient (Wildman–Crippen LogP) is 3.53. The van der Waals surface area contributed by atoms with Crippen molar-refractivity contribution >= 4 is 45.0 Å². The number of allylic oxidation sites excluding steroid dienone is 1. The lowest BCUT2D eigenvalue weighted by Crippen LogP contribution is -2.54. The summed E-state index contributed by atoms with van der Waals surface area (Å²) in [4.78, 5) is 44.1. The van der Waals surface area contributed by atoms with Crippen LogP contribution in [0.1, 0.15) is 24.8 Å². The Kier molecular flexibility index (Phi) is 4.93. The number of nitrogens with two attached hydrogens (primary N) is 1. The number of ketones is 1. The molecule has 2 aliphatic heterocycles. The first-order valence-electron chi connectivity index (χ1n) is 10.6. The number of hydrogen-bond acceptors (Lipinski definition) is 6. The highest BCUT2D eigenvalue weighted by Crippen LogP contribution is 2.56. The van der Waals surface area contributed by atoms with Gasteiger partial charge in [0, 0.05) is 46.1 Å². The Labute approximate surface area is 199 Å². The molecule has 0 saturated heterocycles. The fourth-order valence-corrected chi connectivity index (χ4v) is 5.60. The van der Waals surface area contributed by atoms with Crippen molar-refractivity contribution in [1.82, 2.24) is 0 Å². The SMILES string of the molecule is COC(=O)C1=C(N)N(c2ccc(Br)cc2)C2=C(C(=O)CCC2)C12C(=O)N(C)c1ccccc12. The zero-order valence-corrected chi connectivity index (χ0v) is 19.8. The van der Waals surface area contributed by atoms with E-state index >= 15 is 0 Å². The second-order valence-corrected chi connectivity index (χ2v) is 9.21. The molecule has 1 atom stereocenters. The molecule has 33 heavy (non-hydrogen) atoms. The Hall–Kier alpha value is -3.39. The van der Waals surface area contributed by atoms with Crippen LogP contribution in [0.3, 0.4) is 0 Å². The minimum atomic E-state index is -1.64. The summed E-state index contributed by atoms with van der Waals surface area (Å²) in [5.74, 6) is -1.19. The topological polar surface area (TPSA) is 92.9 Å². The van der Waals surface area contributed by atoms with Crippen LogP contribution in [0.5, 0.6) is 0 Å².